The van der Waals surface area contributed by atoms with Gasteiger partial charge in [-0.25, -0.2) is 0 Å². The Hall–Kier alpha value is -2.34. The van der Waals surface area contributed by atoms with Gasteiger partial charge in [0.1, 0.15) is 5.75 Å². The summed E-state index contributed by atoms with van der Waals surface area (Å²) < 4.78 is 5.43. The van der Waals surface area contributed by atoms with Gasteiger partial charge in [0.05, 0.1) is 11.7 Å². The quantitative estimate of drug-likeness (QED) is 0.884. The van der Waals surface area contributed by atoms with E-state index in [9.17, 15) is 9.90 Å². The molecule has 3 atom stereocenters. The number of hydrogen-bond acceptors (Lipinski definition) is 5. The number of carbonyl (C=O) groups excluding carboxylic acids is 1. The number of piperidine rings is 3. The zero-order chi connectivity index (χ0) is 19.4. The fourth-order valence-electron chi connectivity index (χ4n) is 5.51. The first-order valence-corrected chi connectivity index (χ1v) is 10.3. The number of rotatable bonds is 3. The molecule has 0 saturated carbocycles. The van der Waals surface area contributed by atoms with Crippen LogP contribution in [0.3, 0.4) is 0 Å². The van der Waals surface area contributed by atoms with Gasteiger partial charge in [0, 0.05) is 24.6 Å². The molecule has 4 aliphatic heterocycles. The van der Waals surface area contributed by atoms with E-state index >= 15 is 0 Å². The molecule has 0 unspecified atom stereocenters. The minimum absolute atomic E-state index is 0.0502. The Morgan fingerprint density at radius 1 is 1.21 bits per heavy atom. The lowest BCUT2D eigenvalue weighted by Crippen LogP contribution is -2.60. The summed E-state index contributed by atoms with van der Waals surface area (Å²) in [6.45, 7) is 6.95. The van der Waals surface area contributed by atoms with Gasteiger partial charge in [-0.3, -0.25) is 9.69 Å². The van der Waals surface area contributed by atoms with Gasteiger partial charge in [-0.1, -0.05) is 31.1 Å². The molecule has 2 aromatic rings. The van der Waals surface area contributed by atoms with Crippen molar-refractivity contribution in [1.29, 1.82) is 0 Å². The molecule has 1 aromatic heterocycles. The zero-order valence-electron chi connectivity index (χ0n) is 16.4. The first-order chi connectivity index (χ1) is 13.5. The van der Waals surface area contributed by atoms with Crippen LogP contribution in [0.2, 0.25) is 0 Å². The average Bonchev–Trinajstić information content (AvgIpc) is 3.35. The molecular weight excluding hydrogens is 354 g/mol. The third kappa shape index (κ3) is 2.73. The Kier molecular flexibility index (Phi) is 4.19. The summed E-state index contributed by atoms with van der Waals surface area (Å²) in [7, 11) is 0. The SMILES string of the molecule is CC(C)c1cc(C(=O)N2C[C@H](c3cccc(O)c3)[C@H]3[C@@H]2C2CCN3CC2)on1. The van der Waals surface area contributed by atoms with E-state index < -0.39 is 0 Å². The van der Waals surface area contributed by atoms with Crippen LogP contribution in [0.25, 0.3) is 0 Å². The van der Waals surface area contributed by atoms with Crippen LogP contribution in [0.4, 0.5) is 0 Å². The molecule has 5 heterocycles. The molecule has 0 aliphatic carbocycles. The van der Waals surface area contributed by atoms with Crippen molar-refractivity contribution in [3.63, 3.8) is 0 Å². The highest BCUT2D eigenvalue weighted by Gasteiger charge is 2.55. The standard InChI is InChI=1S/C22H27N3O3/c1-13(2)18-11-19(28-23-18)22(27)25-12-17(15-4-3-5-16(26)10-15)21-20(25)14-6-8-24(21)9-7-14/h3-5,10-11,13-14,17,20-21,26H,6-9,12H2,1-2H3/t17-,20+,21+/m1/s1. The number of fused-ring (bicyclic) bond motifs is 2. The van der Waals surface area contributed by atoms with Crippen LogP contribution in [0.15, 0.2) is 34.9 Å². The molecule has 6 heteroatoms. The van der Waals surface area contributed by atoms with Gasteiger partial charge < -0.3 is 14.5 Å². The van der Waals surface area contributed by atoms with Crippen LogP contribution in [0.1, 0.15) is 60.3 Å². The molecule has 148 valence electrons. The zero-order valence-corrected chi connectivity index (χ0v) is 16.4. The van der Waals surface area contributed by atoms with Crippen molar-refractivity contribution >= 4 is 5.91 Å². The lowest BCUT2D eigenvalue weighted by Gasteiger charge is -2.51. The van der Waals surface area contributed by atoms with Crippen LogP contribution < -0.4 is 0 Å². The van der Waals surface area contributed by atoms with E-state index in [1.54, 1.807) is 12.1 Å². The van der Waals surface area contributed by atoms with Crippen molar-refractivity contribution in [2.24, 2.45) is 5.92 Å². The number of aromatic nitrogens is 1. The second-order valence-corrected chi connectivity index (χ2v) is 8.78. The number of carbonyl (C=O) groups is 1. The van der Waals surface area contributed by atoms with Gasteiger partial charge in [-0.2, -0.15) is 0 Å². The van der Waals surface area contributed by atoms with Crippen LogP contribution in [-0.2, 0) is 0 Å². The molecule has 1 aromatic carbocycles. The second-order valence-electron chi connectivity index (χ2n) is 8.78. The normalized spacial score (nSPS) is 31.4. The van der Waals surface area contributed by atoms with Crippen LogP contribution >= 0.6 is 0 Å². The summed E-state index contributed by atoms with van der Waals surface area (Å²) in [6, 6.07) is 9.83. The Balaban J connectivity index is 1.50. The minimum Gasteiger partial charge on any atom is -0.508 e. The molecule has 28 heavy (non-hydrogen) atoms. The topological polar surface area (TPSA) is 69.8 Å². The maximum atomic E-state index is 13.4. The smallest absolute Gasteiger partial charge is 0.292 e. The third-order valence-corrected chi connectivity index (χ3v) is 6.88. The van der Waals surface area contributed by atoms with Gasteiger partial charge in [0.15, 0.2) is 0 Å². The summed E-state index contributed by atoms with van der Waals surface area (Å²) in [5, 5.41) is 14.1. The maximum Gasteiger partial charge on any atom is 0.292 e. The fraction of sp³-hybridized carbons (Fsp3) is 0.545. The third-order valence-electron chi connectivity index (χ3n) is 6.88. The van der Waals surface area contributed by atoms with E-state index in [0.29, 0.717) is 24.3 Å². The summed E-state index contributed by atoms with van der Waals surface area (Å²) in [6.07, 6.45) is 2.29. The number of likely N-dealkylation sites (tertiary alicyclic amines) is 1. The van der Waals surface area contributed by atoms with Crippen molar-refractivity contribution in [1.82, 2.24) is 15.0 Å². The van der Waals surface area contributed by atoms with Crippen molar-refractivity contribution < 1.29 is 14.4 Å². The first-order valence-electron chi connectivity index (χ1n) is 10.3. The van der Waals surface area contributed by atoms with Crippen molar-refractivity contribution in [2.75, 3.05) is 19.6 Å². The van der Waals surface area contributed by atoms with E-state index in [4.69, 9.17) is 4.52 Å². The number of amides is 1. The molecule has 6 nitrogen and oxygen atoms in total. The first kappa shape index (κ1) is 17.7. The van der Waals surface area contributed by atoms with Crippen LogP contribution in [-0.4, -0.2) is 57.7 Å². The van der Waals surface area contributed by atoms with Gasteiger partial charge >= 0.3 is 0 Å². The Labute approximate surface area is 165 Å². The maximum absolute atomic E-state index is 13.4. The Morgan fingerprint density at radius 2 is 2.00 bits per heavy atom. The number of phenolic OH excluding ortho intramolecular Hbond substituents is 1. The molecule has 1 amide bonds. The van der Waals surface area contributed by atoms with Crippen molar-refractivity contribution in [3.8, 4) is 5.75 Å². The van der Waals surface area contributed by atoms with E-state index in [-0.39, 0.29) is 29.5 Å². The number of phenols is 1. The summed E-state index contributed by atoms with van der Waals surface area (Å²) >= 11 is 0. The molecule has 1 N–H and O–H groups in total. The van der Waals surface area contributed by atoms with Crippen LogP contribution in [0.5, 0.6) is 5.75 Å². The van der Waals surface area contributed by atoms with E-state index in [1.165, 1.54) is 0 Å². The molecule has 2 bridgehead atoms. The summed E-state index contributed by atoms with van der Waals surface area (Å²) in [4.78, 5) is 18.0. The highest BCUT2D eigenvalue weighted by Crippen LogP contribution is 2.47. The molecule has 6 rings (SSSR count). The molecule has 0 radical (unpaired) electrons. The largest absolute Gasteiger partial charge is 0.508 e. The fourth-order valence-corrected chi connectivity index (χ4v) is 5.51. The molecule has 0 spiro atoms. The number of benzene rings is 1. The molecule has 4 fully saturated rings. The highest BCUT2D eigenvalue weighted by atomic mass is 16.5. The van der Waals surface area contributed by atoms with Crippen molar-refractivity contribution in [3.05, 3.63) is 47.3 Å². The van der Waals surface area contributed by atoms with Gasteiger partial charge in [0.25, 0.3) is 5.91 Å². The second kappa shape index (κ2) is 6.62. The lowest BCUT2D eigenvalue weighted by atomic mass is 9.75. The monoisotopic (exact) mass is 381 g/mol. The predicted octanol–water partition coefficient (Wildman–Crippen LogP) is 3.21. The lowest BCUT2D eigenvalue weighted by molar-refractivity contribution is -0.00452. The summed E-state index contributed by atoms with van der Waals surface area (Å²) in [5.74, 6) is 1.55. The van der Waals surface area contributed by atoms with Crippen molar-refractivity contribution in [2.45, 2.75) is 50.6 Å². The number of hydrogen-bond donors (Lipinski definition) is 1. The number of nitrogens with zero attached hydrogens (tertiary/aromatic N) is 3. The Bertz CT molecular complexity index is 885. The highest BCUT2D eigenvalue weighted by molar-refractivity contribution is 5.92. The molecule has 4 saturated heterocycles. The van der Waals surface area contributed by atoms with Gasteiger partial charge in [0.2, 0.25) is 5.76 Å². The van der Waals surface area contributed by atoms with Gasteiger partial charge in [-0.15, -0.1) is 0 Å². The molecular formula is C22H27N3O3. The van der Waals surface area contributed by atoms with E-state index in [2.05, 4.69) is 16.1 Å². The van der Waals surface area contributed by atoms with Gasteiger partial charge in [-0.05, 0) is 55.5 Å². The van der Waals surface area contributed by atoms with E-state index in [1.807, 2.05) is 30.9 Å². The van der Waals surface area contributed by atoms with Crippen LogP contribution in [0, 0.1) is 5.92 Å². The average molecular weight is 381 g/mol. The summed E-state index contributed by atoms with van der Waals surface area (Å²) in [5.41, 5.74) is 1.93. The number of aromatic hydroxyl groups is 1. The minimum atomic E-state index is -0.0502. The Morgan fingerprint density at radius 3 is 2.68 bits per heavy atom. The van der Waals surface area contributed by atoms with E-state index in [0.717, 1.165) is 37.2 Å². The predicted molar refractivity (Wildman–Crippen MR) is 104 cm³/mol. The molecule has 4 aliphatic rings.